The van der Waals surface area contributed by atoms with Crippen LogP contribution in [0.15, 0.2) is 95.7 Å². The normalized spacial score (nSPS) is 17.8. The van der Waals surface area contributed by atoms with Crippen LogP contribution in [0, 0.1) is 0 Å². The fourth-order valence-corrected chi connectivity index (χ4v) is 5.01. The van der Waals surface area contributed by atoms with Gasteiger partial charge in [-0.15, -0.1) is 0 Å². The number of benzene rings is 2. The molecule has 1 aliphatic rings. The maximum atomic E-state index is 5.84. The molecular formula is C26H23BrN4OS. The first-order valence-electron chi connectivity index (χ1n) is 10.7. The summed E-state index contributed by atoms with van der Waals surface area (Å²) in [6, 6.07) is 26.6. The van der Waals surface area contributed by atoms with Crippen LogP contribution in [0.4, 0.5) is 0 Å². The van der Waals surface area contributed by atoms with Crippen molar-refractivity contribution in [2.75, 3.05) is 7.11 Å². The molecule has 0 amide bonds. The zero-order valence-corrected chi connectivity index (χ0v) is 20.5. The fourth-order valence-electron chi connectivity index (χ4n) is 4.32. The Labute approximate surface area is 207 Å². The highest BCUT2D eigenvalue weighted by Gasteiger charge is 2.41. The lowest BCUT2D eigenvalue weighted by Crippen LogP contribution is -2.30. The number of nitrogens with one attached hydrogen (secondary N) is 1. The lowest BCUT2D eigenvalue weighted by molar-refractivity contribution is 0.302. The molecule has 33 heavy (non-hydrogen) atoms. The summed E-state index contributed by atoms with van der Waals surface area (Å²) in [7, 11) is 1.68. The van der Waals surface area contributed by atoms with Crippen molar-refractivity contribution < 1.29 is 4.74 Å². The van der Waals surface area contributed by atoms with Crippen LogP contribution in [0.25, 0.3) is 5.69 Å². The Kier molecular flexibility index (Phi) is 6.15. The van der Waals surface area contributed by atoms with Gasteiger partial charge in [0.1, 0.15) is 5.75 Å². The van der Waals surface area contributed by atoms with Crippen LogP contribution in [0.5, 0.6) is 5.75 Å². The number of hydrogen-bond donors (Lipinski definition) is 1. The number of aromatic nitrogens is 2. The molecule has 1 saturated heterocycles. The molecule has 1 fully saturated rings. The third kappa shape index (κ3) is 4.38. The van der Waals surface area contributed by atoms with Crippen LogP contribution in [-0.4, -0.2) is 26.7 Å². The van der Waals surface area contributed by atoms with Crippen molar-refractivity contribution in [1.29, 1.82) is 0 Å². The average molecular weight is 519 g/mol. The maximum Gasteiger partial charge on any atom is 0.170 e. The van der Waals surface area contributed by atoms with Crippen molar-refractivity contribution in [3.05, 3.63) is 113 Å². The summed E-state index contributed by atoms with van der Waals surface area (Å²) >= 11 is 9.45. The molecule has 0 bridgehead atoms. The maximum absolute atomic E-state index is 5.84. The second kappa shape index (κ2) is 9.37. The number of nitrogens with zero attached hydrogens (tertiary/aromatic N) is 3. The standard InChI is InChI=1S/C26H23BrN4OS/c1-32-21-12-10-18(11-13-21)17-31-25(24(29-26(31)33)22-8-2-3-14-28-22)23-9-5-15-30(23)20-7-4-6-19(27)16-20/h2-16,24-25H,17H2,1H3,(H,29,33)/t24-,25-/m0/s1. The van der Waals surface area contributed by atoms with E-state index >= 15 is 0 Å². The Morgan fingerprint density at radius 2 is 1.88 bits per heavy atom. The smallest absolute Gasteiger partial charge is 0.170 e. The summed E-state index contributed by atoms with van der Waals surface area (Å²) < 4.78 is 8.58. The second-order valence-electron chi connectivity index (χ2n) is 7.89. The molecule has 0 spiro atoms. The van der Waals surface area contributed by atoms with Gasteiger partial charge in [0.2, 0.25) is 0 Å². The first kappa shape index (κ1) is 21.7. The van der Waals surface area contributed by atoms with E-state index in [0.717, 1.165) is 32.9 Å². The van der Waals surface area contributed by atoms with Gasteiger partial charge in [-0.3, -0.25) is 4.98 Å². The highest BCUT2D eigenvalue weighted by molar-refractivity contribution is 9.10. The number of rotatable bonds is 6. The number of methoxy groups -OCH3 is 1. The van der Waals surface area contributed by atoms with Gasteiger partial charge in [-0.25, -0.2) is 0 Å². The largest absolute Gasteiger partial charge is 0.497 e. The summed E-state index contributed by atoms with van der Waals surface area (Å²) in [6.07, 6.45) is 3.93. The highest BCUT2D eigenvalue weighted by Crippen LogP contribution is 2.40. The molecule has 1 aliphatic heterocycles. The predicted molar refractivity (Wildman–Crippen MR) is 137 cm³/mol. The highest BCUT2D eigenvalue weighted by atomic mass is 79.9. The molecule has 2 aromatic heterocycles. The minimum atomic E-state index is -0.0715. The first-order chi connectivity index (χ1) is 16.1. The number of pyridine rings is 1. The quantitative estimate of drug-likeness (QED) is 0.326. The van der Waals surface area contributed by atoms with Gasteiger partial charge in [0.25, 0.3) is 0 Å². The van der Waals surface area contributed by atoms with Gasteiger partial charge in [-0.2, -0.15) is 0 Å². The lowest BCUT2D eigenvalue weighted by atomic mass is 10.0. The Balaban J connectivity index is 1.58. The van der Waals surface area contributed by atoms with E-state index in [2.05, 4.69) is 84.4 Å². The predicted octanol–water partition coefficient (Wildman–Crippen LogP) is 5.82. The van der Waals surface area contributed by atoms with E-state index in [1.165, 1.54) is 0 Å². The third-order valence-corrected chi connectivity index (χ3v) is 6.73. The van der Waals surface area contributed by atoms with Crippen LogP contribution in [0.3, 0.4) is 0 Å². The van der Waals surface area contributed by atoms with Gasteiger partial charge in [0, 0.05) is 34.8 Å². The molecule has 1 N–H and O–H groups in total. The first-order valence-corrected chi connectivity index (χ1v) is 11.9. The van der Waals surface area contributed by atoms with Crippen LogP contribution < -0.4 is 10.1 Å². The fraction of sp³-hybridized carbons (Fsp3) is 0.154. The summed E-state index contributed by atoms with van der Waals surface area (Å²) in [5.41, 5.74) is 4.35. The zero-order valence-electron chi connectivity index (χ0n) is 18.1. The number of halogens is 1. The Bertz CT molecular complexity index is 1260. The number of hydrogen-bond acceptors (Lipinski definition) is 3. The molecule has 4 aromatic rings. The monoisotopic (exact) mass is 518 g/mol. The van der Waals surface area contributed by atoms with Crippen molar-refractivity contribution >= 4 is 33.3 Å². The zero-order chi connectivity index (χ0) is 22.8. The Hall–Kier alpha value is -3.16. The van der Waals surface area contributed by atoms with E-state index in [9.17, 15) is 0 Å². The van der Waals surface area contributed by atoms with Gasteiger partial charge >= 0.3 is 0 Å². The molecule has 166 valence electrons. The molecule has 3 heterocycles. The van der Waals surface area contributed by atoms with Gasteiger partial charge in [0.15, 0.2) is 5.11 Å². The molecule has 2 atom stereocenters. The molecule has 0 unspecified atom stereocenters. The van der Waals surface area contributed by atoms with Gasteiger partial charge in [-0.05, 0) is 72.4 Å². The second-order valence-corrected chi connectivity index (χ2v) is 9.19. The van der Waals surface area contributed by atoms with E-state index in [0.29, 0.717) is 11.7 Å². The third-order valence-electron chi connectivity index (χ3n) is 5.88. The van der Waals surface area contributed by atoms with Gasteiger partial charge in [-0.1, -0.05) is 40.2 Å². The van der Waals surface area contributed by atoms with Gasteiger partial charge < -0.3 is 19.5 Å². The van der Waals surface area contributed by atoms with Crippen LogP contribution in [-0.2, 0) is 6.54 Å². The SMILES string of the molecule is COc1ccc(CN2C(=S)N[C@@H](c3ccccn3)[C@@H]2c2cccn2-c2cccc(Br)c2)cc1. The topological polar surface area (TPSA) is 42.3 Å². The molecule has 0 radical (unpaired) electrons. The molecule has 0 saturated carbocycles. The number of thiocarbonyl (C=S) groups is 1. The van der Waals surface area contributed by atoms with Crippen molar-refractivity contribution in [3.8, 4) is 11.4 Å². The van der Waals surface area contributed by atoms with E-state index in [-0.39, 0.29) is 12.1 Å². The summed E-state index contributed by atoms with van der Waals surface area (Å²) in [6.45, 7) is 0.674. The minimum absolute atomic E-state index is 0.0384. The average Bonchev–Trinajstić information content (AvgIpc) is 3.45. The van der Waals surface area contributed by atoms with Gasteiger partial charge in [0.05, 0.1) is 24.9 Å². The summed E-state index contributed by atoms with van der Waals surface area (Å²) in [4.78, 5) is 6.90. The van der Waals surface area contributed by atoms with Crippen molar-refractivity contribution in [2.24, 2.45) is 0 Å². The van der Waals surface area contributed by atoms with E-state index in [4.69, 9.17) is 17.0 Å². The molecule has 5 rings (SSSR count). The number of ether oxygens (including phenoxy) is 1. The molecule has 0 aliphatic carbocycles. The van der Waals surface area contributed by atoms with Crippen LogP contribution >= 0.6 is 28.1 Å². The molecule has 7 heteroatoms. The minimum Gasteiger partial charge on any atom is -0.497 e. The Morgan fingerprint density at radius 1 is 1.03 bits per heavy atom. The molecule has 5 nitrogen and oxygen atoms in total. The lowest BCUT2D eigenvalue weighted by Gasteiger charge is -2.29. The summed E-state index contributed by atoms with van der Waals surface area (Å²) in [5, 5.41) is 4.26. The molecule has 2 aromatic carbocycles. The molecular weight excluding hydrogens is 496 g/mol. The van der Waals surface area contributed by atoms with Crippen LogP contribution in [0.1, 0.15) is 29.0 Å². The van der Waals surface area contributed by atoms with Crippen molar-refractivity contribution in [3.63, 3.8) is 0 Å². The summed E-state index contributed by atoms with van der Waals surface area (Å²) in [5.74, 6) is 0.840. The Morgan fingerprint density at radius 3 is 2.61 bits per heavy atom. The van der Waals surface area contributed by atoms with E-state index in [1.54, 1.807) is 7.11 Å². The van der Waals surface area contributed by atoms with Crippen molar-refractivity contribution in [2.45, 2.75) is 18.6 Å². The van der Waals surface area contributed by atoms with Crippen LogP contribution in [0.2, 0.25) is 0 Å². The van der Waals surface area contributed by atoms with E-state index < -0.39 is 0 Å². The van der Waals surface area contributed by atoms with E-state index in [1.807, 2.05) is 42.6 Å². The van der Waals surface area contributed by atoms with Crippen molar-refractivity contribution in [1.82, 2.24) is 19.8 Å².